The topological polar surface area (TPSA) is 126 Å². The number of hydrogen-bond donors (Lipinski definition) is 1. The quantitative estimate of drug-likeness (QED) is 0.364. The van der Waals surface area contributed by atoms with Gasteiger partial charge in [0.1, 0.15) is 10.7 Å². The number of nitrogens with one attached hydrogen (secondary N) is 1. The SMILES string of the molecule is Cc1ccc(S(=O)(=O)n2cc(C(=O)c3ccccc3)c(S(=O)(=O)Nc3ccc(C#N)cc3F)c2)cc1. The molecule has 0 aliphatic heterocycles. The van der Waals surface area contributed by atoms with E-state index in [0.717, 1.165) is 30.1 Å². The number of carbonyl (C=O) groups excluding carboxylic acids is 1. The summed E-state index contributed by atoms with van der Waals surface area (Å²) in [5, 5.41) is 8.90. The van der Waals surface area contributed by atoms with E-state index in [1.165, 1.54) is 30.3 Å². The first-order valence-electron chi connectivity index (χ1n) is 10.4. The highest BCUT2D eigenvalue weighted by Gasteiger charge is 2.30. The fourth-order valence-electron chi connectivity index (χ4n) is 3.38. The summed E-state index contributed by atoms with van der Waals surface area (Å²) in [7, 11) is -8.91. The highest BCUT2D eigenvalue weighted by molar-refractivity contribution is 7.93. The van der Waals surface area contributed by atoms with Crippen LogP contribution in [0.2, 0.25) is 0 Å². The van der Waals surface area contributed by atoms with Crippen LogP contribution in [0.25, 0.3) is 0 Å². The van der Waals surface area contributed by atoms with Gasteiger partial charge >= 0.3 is 0 Å². The zero-order chi connectivity index (χ0) is 26.1. The highest BCUT2D eigenvalue weighted by Crippen LogP contribution is 2.27. The van der Waals surface area contributed by atoms with E-state index in [2.05, 4.69) is 0 Å². The van der Waals surface area contributed by atoms with Crippen molar-refractivity contribution in [3.05, 3.63) is 113 Å². The normalized spacial score (nSPS) is 11.6. The van der Waals surface area contributed by atoms with E-state index >= 15 is 0 Å². The smallest absolute Gasteiger partial charge is 0.267 e. The van der Waals surface area contributed by atoms with Gasteiger partial charge in [0, 0.05) is 18.0 Å². The second-order valence-corrected chi connectivity index (χ2v) is 11.3. The molecule has 0 aliphatic rings. The predicted octanol–water partition coefficient (Wildman–Crippen LogP) is 4.08. The van der Waals surface area contributed by atoms with Gasteiger partial charge in [-0.05, 0) is 37.3 Å². The third-order valence-corrected chi connectivity index (χ3v) is 8.30. The summed E-state index contributed by atoms with van der Waals surface area (Å²) in [5.74, 6) is -1.76. The number of nitriles is 1. The molecule has 0 radical (unpaired) electrons. The minimum absolute atomic E-state index is 0.0225. The van der Waals surface area contributed by atoms with Crippen LogP contribution in [0, 0.1) is 24.1 Å². The molecule has 0 spiro atoms. The molecule has 1 heterocycles. The summed E-state index contributed by atoms with van der Waals surface area (Å²) in [5.41, 5.74) is 0.0349. The largest absolute Gasteiger partial charge is 0.289 e. The summed E-state index contributed by atoms with van der Waals surface area (Å²) in [6.07, 6.45) is 1.73. The number of halogens is 1. The monoisotopic (exact) mass is 523 g/mol. The van der Waals surface area contributed by atoms with Crippen LogP contribution in [0.5, 0.6) is 0 Å². The molecular formula is C25H18FN3O5S2. The van der Waals surface area contributed by atoms with Gasteiger partial charge in [-0.25, -0.2) is 25.2 Å². The van der Waals surface area contributed by atoms with Crippen LogP contribution >= 0.6 is 0 Å². The summed E-state index contributed by atoms with van der Waals surface area (Å²) < 4.78 is 70.1. The van der Waals surface area contributed by atoms with E-state index < -0.39 is 47.8 Å². The van der Waals surface area contributed by atoms with Gasteiger partial charge in [0.15, 0.2) is 5.78 Å². The van der Waals surface area contributed by atoms with Crippen molar-refractivity contribution in [1.29, 1.82) is 5.26 Å². The molecule has 182 valence electrons. The van der Waals surface area contributed by atoms with Gasteiger partial charge < -0.3 is 0 Å². The van der Waals surface area contributed by atoms with Crippen molar-refractivity contribution in [2.24, 2.45) is 0 Å². The number of aromatic nitrogens is 1. The maximum absolute atomic E-state index is 14.4. The lowest BCUT2D eigenvalue weighted by atomic mass is 10.1. The molecule has 0 amide bonds. The van der Waals surface area contributed by atoms with Crippen LogP contribution in [-0.4, -0.2) is 26.6 Å². The van der Waals surface area contributed by atoms with Crippen molar-refractivity contribution in [2.45, 2.75) is 16.7 Å². The first-order chi connectivity index (χ1) is 17.0. The molecule has 3 aromatic carbocycles. The van der Waals surface area contributed by atoms with Crippen LogP contribution in [0.1, 0.15) is 27.0 Å². The minimum Gasteiger partial charge on any atom is -0.289 e. The number of carbonyl (C=O) groups is 1. The van der Waals surface area contributed by atoms with E-state index in [0.29, 0.717) is 3.97 Å². The molecule has 4 rings (SSSR count). The first kappa shape index (κ1) is 24.8. The van der Waals surface area contributed by atoms with Crippen molar-refractivity contribution < 1.29 is 26.0 Å². The highest BCUT2D eigenvalue weighted by atomic mass is 32.2. The van der Waals surface area contributed by atoms with Gasteiger partial charge in [-0.15, -0.1) is 0 Å². The molecule has 1 N–H and O–H groups in total. The first-order valence-corrected chi connectivity index (χ1v) is 13.3. The second-order valence-electron chi connectivity index (χ2n) is 7.79. The molecule has 0 saturated heterocycles. The molecule has 1 aromatic heterocycles. The van der Waals surface area contributed by atoms with E-state index in [1.807, 2.05) is 4.72 Å². The van der Waals surface area contributed by atoms with Crippen molar-refractivity contribution >= 4 is 31.5 Å². The summed E-state index contributed by atoms with van der Waals surface area (Å²) in [4.78, 5) is 12.5. The average molecular weight is 524 g/mol. The standard InChI is InChI=1S/C25H18FN3O5S2/c1-17-7-10-20(11-8-17)36(33,34)29-15-21(25(30)19-5-3-2-4-6-19)24(16-29)35(31,32)28-23-12-9-18(14-27)13-22(23)26/h2-13,15-16,28H,1H3. The Morgan fingerprint density at radius 1 is 0.944 bits per heavy atom. The lowest BCUT2D eigenvalue weighted by Crippen LogP contribution is -2.17. The van der Waals surface area contributed by atoms with E-state index in [-0.39, 0.29) is 16.0 Å². The Labute approximate surface area is 207 Å². The number of ketones is 1. The Balaban J connectivity index is 1.86. The van der Waals surface area contributed by atoms with Gasteiger partial charge in [0.2, 0.25) is 0 Å². The molecule has 11 heteroatoms. The number of hydrogen-bond acceptors (Lipinski definition) is 6. The van der Waals surface area contributed by atoms with Gasteiger partial charge in [0.05, 0.1) is 27.8 Å². The maximum atomic E-state index is 14.4. The molecule has 0 bridgehead atoms. The molecule has 0 saturated carbocycles. The number of anilines is 1. The molecule has 8 nitrogen and oxygen atoms in total. The number of sulfonamides is 1. The number of aryl methyl sites for hydroxylation is 1. The lowest BCUT2D eigenvalue weighted by Gasteiger charge is -2.09. The number of rotatable bonds is 7. The average Bonchev–Trinajstić information content (AvgIpc) is 3.33. The molecule has 0 atom stereocenters. The summed E-state index contributed by atoms with van der Waals surface area (Å²) in [6, 6.07) is 18.5. The summed E-state index contributed by atoms with van der Waals surface area (Å²) >= 11 is 0. The molecule has 36 heavy (non-hydrogen) atoms. The van der Waals surface area contributed by atoms with E-state index in [1.54, 1.807) is 43.3 Å². The Bertz CT molecular complexity index is 1720. The molecular weight excluding hydrogens is 505 g/mol. The third-order valence-electron chi connectivity index (χ3n) is 5.28. The molecule has 0 unspecified atom stereocenters. The second kappa shape index (κ2) is 9.41. The van der Waals surface area contributed by atoms with Gasteiger partial charge in [0.25, 0.3) is 20.0 Å². The Hall–Kier alpha value is -4.27. The maximum Gasteiger partial charge on any atom is 0.267 e. The fourth-order valence-corrected chi connectivity index (χ4v) is 5.91. The Kier molecular flexibility index (Phi) is 6.49. The third kappa shape index (κ3) is 4.77. The molecule has 0 fully saturated rings. The van der Waals surface area contributed by atoms with Crippen LogP contribution in [0.15, 0.2) is 95.0 Å². The van der Waals surface area contributed by atoms with Crippen molar-refractivity contribution in [3.63, 3.8) is 0 Å². The van der Waals surface area contributed by atoms with Crippen molar-refractivity contribution in [3.8, 4) is 6.07 Å². The van der Waals surface area contributed by atoms with Crippen molar-refractivity contribution in [2.75, 3.05) is 4.72 Å². The molecule has 4 aromatic rings. The Morgan fingerprint density at radius 3 is 2.22 bits per heavy atom. The van der Waals surface area contributed by atoms with Gasteiger partial charge in [-0.1, -0.05) is 48.0 Å². The van der Waals surface area contributed by atoms with E-state index in [9.17, 15) is 26.0 Å². The van der Waals surface area contributed by atoms with E-state index in [4.69, 9.17) is 5.26 Å². The number of nitrogens with zero attached hydrogens (tertiary/aromatic N) is 2. The van der Waals surface area contributed by atoms with Crippen LogP contribution in [0.4, 0.5) is 10.1 Å². The number of benzene rings is 3. The van der Waals surface area contributed by atoms with Crippen LogP contribution in [-0.2, 0) is 20.0 Å². The van der Waals surface area contributed by atoms with Gasteiger partial charge in [-0.3, -0.25) is 9.52 Å². The fraction of sp³-hybridized carbons (Fsp3) is 0.0400. The summed E-state index contributed by atoms with van der Waals surface area (Å²) in [6.45, 7) is 1.78. The zero-order valence-electron chi connectivity index (χ0n) is 18.7. The Morgan fingerprint density at radius 2 is 1.61 bits per heavy atom. The predicted molar refractivity (Wildman–Crippen MR) is 130 cm³/mol. The lowest BCUT2D eigenvalue weighted by molar-refractivity contribution is 0.103. The minimum atomic E-state index is -4.65. The molecule has 0 aliphatic carbocycles. The zero-order valence-corrected chi connectivity index (χ0v) is 20.3. The van der Waals surface area contributed by atoms with Gasteiger partial charge in [-0.2, -0.15) is 5.26 Å². The van der Waals surface area contributed by atoms with Crippen LogP contribution in [0.3, 0.4) is 0 Å². The van der Waals surface area contributed by atoms with Crippen molar-refractivity contribution in [1.82, 2.24) is 3.97 Å². The van der Waals surface area contributed by atoms with Crippen LogP contribution < -0.4 is 4.72 Å².